The van der Waals surface area contributed by atoms with Crippen molar-refractivity contribution in [1.82, 2.24) is 0 Å². The number of halogens is 1. The summed E-state index contributed by atoms with van der Waals surface area (Å²) in [6.07, 6.45) is 0. The minimum absolute atomic E-state index is 0.160. The molecule has 0 aliphatic heterocycles. The molecule has 60 valence electrons. The van der Waals surface area contributed by atoms with Gasteiger partial charge in [-0.3, -0.25) is 0 Å². The molecule has 0 saturated heterocycles. The van der Waals surface area contributed by atoms with Crippen molar-refractivity contribution in [3.8, 4) is 11.5 Å². The maximum absolute atomic E-state index is 5.37. The summed E-state index contributed by atoms with van der Waals surface area (Å²) in [6.45, 7) is 0. The fourth-order valence-electron chi connectivity index (χ4n) is 0.754. The largest absolute Gasteiger partial charge is 0.497 e. The van der Waals surface area contributed by atoms with E-state index in [1.54, 1.807) is 13.2 Å². The predicted molar refractivity (Wildman–Crippen MR) is 44.3 cm³/mol. The summed E-state index contributed by atoms with van der Waals surface area (Å²) in [6, 6.07) is 7.46. The molecule has 11 heavy (non-hydrogen) atoms. The van der Waals surface area contributed by atoms with Gasteiger partial charge < -0.3 is 9.47 Å². The zero-order chi connectivity index (χ0) is 8.10. The highest BCUT2D eigenvalue weighted by atomic mass is 35.5. The van der Waals surface area contributed by atoms with E-state index < -0.39 is 0 Å². The van der Waals surface area contributed by atoms with Crippen molar-refractivity contribution in [3.05, 3.63) is 24.3 Å². The molecule has 0 aromatic heterocycles. The number of methoxy groups -OCH3 is 1. The van der Waals surface area contributed by atoms with Crippen LogP contribution in [-0.4, -0.2) is 13.2 Å². The molecule has 0 aliphatic carbocycles. The molecule has 0 aliphatic rings. The van der Waals surface area contributed by atoms with Crippen LogP contribution in [0.25, 0.3) is 0 Å². The number of hydrogen-bond acceptors (Lipinski definition) is 2. The SMILES string of the molecule is COc1cccc(OCCl)c1. The molecular weight excluding hydrogens is 164 g/mol. The van der Waals surface area contributed by atoms with Gasteiger partial charge in [-0.1, -0.05) is 17.7 Å². The number of benzene rings is 1. The fourth-order valence-corrected chi connectivity index (χ4v) is 0.880. The Labute approximate surface area is 70.7 Å². The van der Waals surface area contributed by atoms with Crippen LogP contribution < -0.4 is 9.47 Å². The third-order valence-electron chi connectivity index (χ3n) is 1.26. The molecule has 0 unspecified atom stereocenters. The summed E-state index contributed by atoms with van der Waals surface area (Å²) in [4.78, 5) is 0. The van der Waals surface area contributed by atoms with Crippen LogP contribution in [0.1, 0.15) is 0 Å². The van der Waals surface area contributed by atoms with Crippen molar-refractivity contribution in [2.75, 3.05) is 13.2 Å². The monoisotopic (exact) mass is 172 g/mol. The van der Waals surface area contributed by atoms with E-state index in [1.807, 2.05) is 18.2 Å². The lowest BCUT2D eigenvalue weighted by Crippen LogP contribution is -1.89. The zero-order valence-corrected chi connectivity index (χ0v) is 6.97. The minimum Gasteiger partial charge on any atom is -0.497 e. The summed E-state index contributed by atoms with van der Waals surface area (Å²) < 4.78 is 10.0. The van der Waals surface area contributed by atoms with Crippen LogP contribution in [0.4, 0.5) is 0 Å². The van der Waals surface area contributed by atoms with E-state index in [0.29, 0.717) is 0 Å². The first-order valence-corrected chi connectivity index (χ1v) is 3.73. The topological polar surface area (TPSA) is 18.5 Å². The van der Waals surface area contributed by atoms with Crippen LogP contribution >= 0.6 is 11.6 Å². The van der Waals surface area contributed by atoms with Gasteiger partial charge in [0.2, 0.25) is 0 Å². The quantitative estimate of drug-likeness (QED) is 0.652. The Morgan fingerprint density at radius 3 is 2.73 bits per heavy atom. The van der Waals surface area contributed by atoms with E-state index in [4.69, 9.17) is 21.1 Å². The summed E-state index contributed by atoms with van der Waals surface area (Å²) in [5, 5.41) is 0. The Morgan fingerprint density at radius 2 is 2.09 bits per heavy atom. The van der Waals surface area contributed by atoms with Crippen molar-refractivity contribution in [2.45, 2.75) is 0 Å². The molecule has 0 amide bonds. The lowest BCUT2D eigenvalue weighted by Gasteiger charge is -2.03. The zero-order valence-electron chi connectivity index (χ0n) is 6.21. The molecule has 0 spiro atoms. The van der Waals surface area contributed by atoms with Crippen molar-refractivity contribution in [1.29, 1.82) is 0 Å². The number of alkyl halides is 1. The van der Waals surface area contributed by atoms with Crippen molar-refractivity contribution < 1.29 is 9.47 Å². The highest BCUT2D eigenvalue weighted by Crippen LogP contribution is 2.18. The van der Waals surface area contributed by atoms with E-state index in [2.05, 4.69) is 0 Å². The molecule has 1 aromatic rings. The van der Waals surface area contributed by atoms with Crippen LogP contribution in [-0.2, 0) is 0 Å². The van der Waals surface area contributed by atoms with Crippen LogP contribution in [0.3, 0.4) is 0 Å². The molecule has 1 aromatic carbocycles. The number of ether oxygens (including phenoxy) is 2. The molecular formula is C8H9ClO2. The lowest BCUT2D eigenvalue weighted by atomic mass is 10.3. The molecule has 1 rings (SSSR count). The molecule has 2 nitrogen and oxygen atoms in total. The molecule has 3 heteroatoms. The summed E-state index contributed by atoms with van der Waals surface area (Å²) in [7, 11) is 1.61. The van der Waals surface area contributed by atoms with E-state index in [1.165, 1.54) is 0 Å². The molecule has 0 fully saturated rings. The van der Waals surface area contributed by atoms with Gasteiger partial charge in [-0.15, -0.1) is 0 Å². The van der Waals surface area contributed by atoms with Crippen LogP contribution in [0.15, 0.2) is 24.3 Å². The van der Waals surface area contributed by atoms with Gasteiger partial charge in [-0.05, 0) is 12.1 Å². The third-order valence-corrected chi connectivity index (χ3v) is 1.37. The normalized spacial score (nSPS) is 9.27. The second kappa shape index (κ2) is 4.09. The van der Waals surface area contributed by atoms with Gasteiger partial charge in [0, 0.05) is 6.07 Å². The molecule has 0 radical (unpaired) electrons. The summed E-state index contributed by atoms with van der Waals surface area (Å²) in [5.41, 5.74) is 0. The van der Waals surface area contributed by atoms with Crippen molar-refractivity contribution >= 4 is 11.6 Å². The molecule has 0 N–H and O–H groups in total. The molecule has 0 saturated carbocycles. The van der Waals surface area contributed by atoms with E-state index in [9.17, 15) is 0 Å². The van der Waals surface area contributed by atoms with Gasteiger partial charge in [0.25, 0.3) is 0 Å². The Hall–Kier alpha value is -0.890. The first-order valence-electron chi connectivity index (χ1n) is 3.19. The average Bonchev–Trinajstić information content (AvgIpc) is 2.06. The maximum atomic E-state index is 5.37. The second-order valence-corrected chi connectivity index (χ2v) is 2.15. The molecule has 0 bridgehead atoms. The van der Waals surface area contributed by atoms with Gasteiger partial charge in [0.1, 0.15) is 11.5 Å². The van der Waals surface area contributed by atoms with Gasteiger partial charge in [-0.2, -0.15) is 0 Å². The Balaban J connectivity index is 2.74. The molecule has 0 heterocycles. The average molecular weight is 173 g/mol. The van der Waals surface area contributed by atoms with Gasteiger partial charge in [-0.25, -0.2) is 0 Å². The van der Waals surface area contributed by atoms with E-state index in [0.717, 1.165) is 11.5 Å². The van der Waals surface area contributed by atoms with Crippen LogP contribution in [0.2, 0.25) is 0 Å². The van der Waals surface area contributed by atoms with Gasteiger partial charge in [0.15, 0.2) is 6.07 Å². The second-order valence-electron chi connectivity index (χ2n) is 1.93. The highest BCUT2D eigenvalue weighted by Gasteiger charge is 1.93. The van der Waals surface area contributed by atoms with E-state index in [-0.39, 0.29) is 6.07 Å². The Morgan fingerprint density at radius 1 is 1.36 bits per heavy atom. The lowest BCUT2D eigenvalue weighted by molar-refractivity contribution is 0.377. The first-order chi connectivity index (χ1) is 5.36. The van der Waals surface area contributed by atoms with Gasteiger partial charge >= 0.3 is 0 Å². The smallest absolute Gasteiger partial charge is 0.162 e. The number of rotatable bonds is 3. The minimum atomic E-state index is 0.160. The number of hydrogen-bond donors (Lipinski definition) is 0. The van der Waals surface area contributed by atoms with Crippen molar-refractivity contribution in [3.63, 3.8) is 0 Å². The Kier molecular flexibility index (Phi) is 3.05. The molecule has 0 atom stereocenters. The maximum Gasteiger partial charge on any atom is 0.162 e. The standard InChI is InChI=1S/C8H9ClO2/c1-10-7-3-2-4-8(5-7)11-6-9/h2-5H,6H2,1H3. The van der Waals surface area contributed by atoms with Crippen LogP contribution in [0, 0.1) is 0 Å². The summed E-state index contributed by atoms with van der Waals surface area (Å²) >= 11 is 5.37. The van der Waals surface area contributed by atoms with E-state index >= 15 is 0 Å². The van der Waals surface area contributed by atoms with Crippen LogP contribution in [0.5, 0.6) is 11.5 Å². The highest BCUT2D eigenvalue weighted by molar-refractivity contribution is 6.17. The summed E-state index contributed by atoms with van der Waals surface area (Å²) in [5.74, 6) is 1.49. The Bertz CT molecular complexity index is 225. The third kappa shape index (κ3) is 2.31. The first kappa shape index (κ1) is 8.21. The van der Waals surface area contributed by atoms with Crippen molar-refractivity contribution in [2.24, 2.45) is 0 Å². The predicted octanol–water partition coefficient (Wildman–Crippen LogP) is 2.27. The fraction of sp³-hybridized carbons (Fsp3) is 0.250. The van der Waals surface area contributed by atoms with Gasteiger partial charge in [0.05, 0.1) is 7.11 Å².